The predicted molar refractivity (Wildman–Crippen MR) is 110 cm³/mol. The van der Waals surface area contributed by atoms with E-state index in [2.05, 4.69) is 22.4 Å². The van der Waals surface area contributed by atoms with E-state index in [1.165, 1.54) is 5.56 Å². The summed E-state index contributed by atoms with van der Waals surface area (Å²) in [7, 11) is 0. The summed E-state index contributed by atoms with van der Waals surface area (Å²) in [5.41, 5.74) is 3.91. The molecule has 1 aliphatic rings. The van der Waals surface area contributed by atoms with Gasteiger partial charge in [-0.15, -0.1) is 0 Å². The molecule has 0 spiro atoms. The van der Waals surface area contributed by atoms with E-state index < -0.39 is 0 Å². The van der Waals surface area contributed by atoms with Crippen molar-refractivity contribution in [2.45, 2.75) is 32.5 Å². The maximum Gasteiger partial charge on any atom is 0.251 e. The number of rotatable bonds is 7. The molecule has 3 aromatic rings. The van der Waals surface area contributed by atoms with E-state index >= 15 is 0 Å². The first-order chi connectivity index (χ1) is 14.2. The number of imidazole rings is 1. The van der Waals surface area contributed by atoms with E-state index in [4.69, 9.17) is 0 Å². The van der Waals surface area contributed by atoms with Crippen LogP contribution in [0.5, 0.6) is 0 Å². The van der Waals surface area contributed by atoms with Gasteiger partial charge in [-0.05, 0) is 35.2 Å². The number of amides is 2. The van der Waals surface area contributed by atoms with Crippen molar-refractivity contribution < 1.29 is 9.59 Å². The molecule has 0 radical (unpaired) electrons. The van der Waals surface area contributed by atoms with Crippen LogP contribution < -0.4 is 5.32 Å². The molecule has 0 aliphatic carbocycles. The Balaban J connectivity index is 1.28. The van der Waals surface area contributed by atoms with Crippen LogP contribution in [0.4, 0.5) is 0 Å². The minimum Gasteiger partial charge on any atom is -0.348 e. The highest BCUT2D eigenvalue weighted by atomic mass is 16.2. The molecule has 6 heteroatoms. The summed E-state index contributed by atoms with van der Waals surface area (Å²) >= 11 is 0. The van der Waals surface area contributed by atoms with E-state index in [1.54, 1.807) is 12.5 Å². The standard InChI is InChI=1S/C23H24N4O2/c28-22-2-1-12-27(22)16-20-7-9-21(10-8-20)23(29)25-14-18-3-5-19(6-4-18)15-26-13-11-24-17-26/h3-11,13,17H,1-2,12,14-16H2,(H,25,29). The van der Waals surface area contributed by atoms with Crippen molar-refractivity contribution >= 4 is 11.8 Å². The van der Waals surface area contributed by atoms with Gasteiger partial charge in [0.25, 0.3) is 5.91 Å². The summed E-state index contributed by atoms with van der Waals surface area (Å²) in [6.45, 7) is 2.70. The molecule has 1 aliphatic heterocycles. The minimum absolute atomic E-state index is 0.101. The van der Waals surface area contributed by atoms with Gasteiger partial charge in [-0.1, -0.05) is 36.4 Å². The molecule has 0 bridgehead atoms. The Bertz CT molecular complexity index is 963. The van der Waals surface area contributed by atoms with Crippen LogP contribution in [-0.4, -0.2) is 32.8 Å². The molecule has 2 amide bonds. The molecule has 1 N–H and O–H groups in total. The van der Waals surface area contributed by atoms with Gasteiger partial charge in [0.1, 0.15) is 0 Å². The lowest BCUT2D eigenvalue weighted by Gasteiger charge is -2.15. The first kappa shape index (κ1) is 18.9. The summed E-state index contributed by atoms with van der Waals surface area (Å²) < 4.78 is 2.01. The summed E-state index contributed by atoms with van der Waals surface area (Å²) in [5, 5.41) is 2.96. The monoisotopic (exact) mass is 388 g/mol. The highest BCUT2D eigenvalue weighted by Gasteiger charge is 2.19. The number of nitrogens with zero attached hydrogens (tertiary/aromatic N) is 3. The second kappa shape index (κ2) is 8.73. The zero-order valence-corrected chi connectivity index (χ0v) is 16.3. The van der Waals surface area contributed by atoms with E-state index in [0.29, 0.717) is 25.1 Å². The van der Waals surface area contributed by atoms with Crippen LogP contribution in [0.1, 0.15) is 39.9 Å². The molecule has 4 rings (SSSR count). The average Bonchev–Trinajstić information content (AvgIpc) is 3.40. The molecule has 1 fully saturated rings. The molecule has 0 unspecified atom stereocenters. The van der Waals surface area contributed by atoms with E-state index in [-0.39, 0.29) is 11.8 Å². The second-order valence-electron chi connectivity index (χ2n) is 7.35. The number of likely N-dealkylation sites (tertiary alicyclic amines) is 1. The quantitative estimate of drug-likeness (QED) is 0.677. The molecule has 1 saturated heterocycles. The molecule has 2 aromatic carbocycles. The van der Waals surface area contributed by atoms with Crippen LogP contribution >= 0.6 is 0 Å². The van der Waals surface area contributed by atoms with Crippen molar-refractivity contribution in [2.75, 3.05) is 6.54 Å². The first-order valence-electron chi connectivity index (χ1n) is 9.86. The van der Waals surface area contributed by atoms with Gasteiger partial charge in [-0.2, -0.15) is 0 Å². The number of carbonyl (C=O) groups is 2. The fourth-order valence-corrected chi connectivity index (χ4v) is 3.49. The fraction of sp³-hybridized carbons (Fsp3) is 0.261. The van der Waals surface area contributed by atoms with Crippen molar-refractivity contribution in [3.8, 4) is 0 Å². The van der Waals surface area contributed by atoms with Gasteiger partial charge in [-0.25, -0.2) is 4.98 Å². The Kier molecular flexibility index (Phi) is 5.70. The van der Waals surface area contributed by atoms with Crippen LogP contribution in [0.2, 0.25) is 0 Å². The van der Waals surface area contributed by atoms with Gasteiger partial charge in [-0.3, -0.25) is 9.59 Å². The largest absolute Gasteiger partial charge is 0.348 e. The van der Waals surface area contributed by atoms with Gasteiger partial charge in [0, 0.05) is 50.6 Å². The molecular formula is C23H24N4O2. The average molecular weight is 388 g/mol. The van der Waals surface area contributed by atoms with Crippen molar-refractivity contribution in [1.82, 2.24) is 19.8 Å². The third-order valence-electron chi connectivity index (χ3n) is 5.16. The number of carbonyl (C=O) groups excluding carboxylic acids is 2. The van der Waals surface area contributed by atoms with Crippen molar-refractivity contribution in [3.05, 3.63) is 89.5 Å². The number of benzene rings is 2. The summed E-state index contributed by atoms with van der Waals surface area (Å²) in [5.74, 6) is 0.110. The second-order valence-corrected chi connectivity index (χ2v) is 7.35. The highest BCUT2D eigenvalue weighted by molar-refractivity contribution is 5.94. The van der Waals surface area contributed by atoms with Gasteiger partial charge < -0.3 is 14.8 Å². The lowest BCUT2D eigenvalue weighted by Crippen LogP contribution is -2.24. The lowest BCUT2D eigenvalue weighted by atomic mass is 10.1. The SMILES string of the molecule is O=C(NCc1ccc(Cn2ccnc2)cc1)c1ccc(CN2CCCC2=O)cc1. The minimum atomic E-state index is -0.101. The Labute approximate surface area is 170 Å². The van der Waals surface area contributed by atoms with Crippen LogP contribution in [-0.2, 0) is 24.4 Å². The van der Waals surface area contributed by atoms with E-state index in [9.17, 15) is 9.59 Å². The summed E-state index contributed by atoms with van der Waals surface area (Å²) in [4.78, 5) is 30.1. The summed E-state index contributed by atoms with van der Waals surface area (Å²) in [6, 6.07) is 15.7. The smallest absolute Gasteiger partial charge is 0.251 e. The van der Waals surface area contributed by atoms with Crippen LogP contribution in [0.3, 0.4) is 0 Å². The molecule has 0 atom stereocenters. The molecule has 148 valence electrons. The van der Waals surface area contributed by atoms with Gasteiger partial charge in [0.05, 0.1) is 6.33 Å². The van der Waals surface area contributed by atoms with E-state index in [1.807, 2.05) is 52.1 Å². The fourth-order valence-electron chi connectivity index (χ4n) is 3.49. The normalized spacial score (nSPS) is 13.7. The van der Waals surface area contributed by atoms with Gasteiger partial charge >= 0.3 is 0 Å². The number of hydrogen-bond acceptors (Lipinski definition) is 3. The molecule has 1 aromatic heterocycles. The highest BCUT2D eigenvalue weighted by Crippen LogP contribution is 2.15. The Morgan fingerprint density at radius 2 is 1.66 bits per heavy atom. The third kappa shape index (κ3) is 4.90. The maximum absolute atomic E-state index is 12.4. The van der Waals surface area contributed by atoms with E-state index in [0.717, 1.165) is 30.6 Å². The molecule has 29 heavy (non-hydrogen) atoms. The Hall–Kier alpha value is -3.41. The molecule has 0 saturated carbocycles. The van der Waals surface area contributed by atoms with Crippen LogP contribution in [0.15, 0.2) is 67.3 Å². The van der Waals surface area contributed by atoms with Crippen molar-refractivity contribution in [1.29, 1.82) is 0 Å². The van der Waals surface area contributed by atoms with Crippen LogP contribution in [0.25, 0.3) is 0 Å². The van der Waals surface area contributed by atoms with Gasteiger partial charge in [0.2, 0.25) is 5.91 Å². The predicted octanol–water partition coefficient (Wildman–Crippen LogP) is 2.98. The lowest BCUT2D eigenvalue weighted by molar-refractivity contribution is -0.128. The summed E-state index contributed by atoms with van der Waals surface area (Å²) in [6.07, 6.45) is 7.07. The van der Waals surface area contributed by atoms with Gasteiger partial charge in [0.15, 0.2) is 0 Å². The maximum atomic E-state index is 12.4. The van der Waals surface area contributed by atoms with Crippen LogP contribution in [0, 0.1) is 0 Å². The number of hydrogen-bond donors (Lipinski definition) is 1. The zero-order chi connectivity index (χ0) is 20.1. The third-order valence-corrected chi connectivity index (χ3v) is 5.16. The first-order valence-corrected chi connectivity index (χ1v) is 9.86. The molecule has 2 heterocycles. The van der Waals surface area contributed by atoms with Crippen molar-refractivity contribution in [3.63, 3.8) is 0 Å². The Morgan fingerprint density at radius 3 is 2.31 bits per heavy atom. The van der Waals surface area contributed by atoms with Crippen molar-refractivity contribution in [2.24, 2.45) is 0 Å². The number of nitrogens with one attached hydrogen (secondary N) is 1. The number of aromatic nitrogens is 2. The topological polar surface area (TPSA) is 67.2 Å². The zero-order valence-electron chi connectivity index (χ0n) is 16.3. The molecular weight excluding hydrogens is 364 g/mol. The molecule has 6 nitrogen and oxygen atoms in total. The Morgan fingerprint density at radius 1 is 0.966 bits per heavy atom.